The van der Waals surface area contributed by atoms with Crippen LogP contribution in [-0.4, -0.2) is 83.8 Å². The molecular weight excluding hydrogens is 632 g/mol. The number of fused-ring (bicyclic) bond motifs is 1. The van der Waals surface area contributed by atoms with Gasteiger partial charge in [-0.3, -0.25) is 9.59 Å². The van der Waals surface area contributed by atoms with E-state index >= 15 is 0 Å². The van der Waals surface area contributed by atoms with Crippen LogP contribution in [0.1, 0.15) is 63.5 Å². The number of carbonyl (C=O) groups is 2. The predicted molar refractivity (Wildman–Crippen MR) is 193 cm³/mol. The van der Waals surface area contributed by atoms with Gasteiger partial charge in [0, 0.05) is 48.8 Å². The van der Waals surface area contributed by atoms with Gasteiger partial charge in [-0.25, -0.2) is 0 Å². The van der Waals surface area contributed by atoms with Crippen LogP contribution in [-0.2, 0) is 23.2 Å². The first kappa shape index (κ1) is 34.9. The molecule has 2 heterocycles. The first-order valence-corrected chi connectivity index (χ1v) is 17.2. The van der Waals surface area contributed by atoms with Gasteiger partial charge in [0.15, 0.2) is 12.4 Å². The maximum atomic E-state index is 13.2. The second-order valence-corrected chi connectivity index (χ2v) is 13.5. The predicted octanol–water partition coefficient (Wildman–Crippen LogP) is 4.97. The number of phenols is 2. The van der Waals surface area contributed by atoms with Crippen molar-refractivity contribution >= 4 is 17.5 Å². The summed E-state index contributed by atoms with van der Waals surface area (Å²) in [5.41, 5.74) is 5.34. The lowest BCUT2D eigenvalue weighted by atomic mass is 9.67. The summed E-state index contributed by atoms with van der Waals surface area (Å²) >= 11 is 0. The van der Waals surface area contributed by atoms with Crippen molar-refractivity contribution in [2.24, 2.45) is 0 Å². The summed E-state index contributed by atoms with van der Waals surface area (Å²) in [6.07, 6.45) is 2.54. The molecule has 1 unspecified atom stereocenters. The number of piperidine rings is 1. The number of nitrogens with zero attached hydrogens (tertiary/aromatic N) is 2. The fraction of sp³-hybridized carbons (Fsp3) is 0.350. The molecule has 2 amide bonds. The van der Waals surface area contributed by atoms with E-state index in [2.05, 4.69) is 52.9 Å². The normalized spacial score (nSPS) is 16.2. The highest BCUT2D eigenvalue weighted by atomic mass is 16.5. The Hall–Kier alpha value is -4.90. The van der Waals surface area contributed by atoms with Crippen molar-refractivity contribution in [1.29, 1.82) is 0 Å². The summed E-state index contributed by atoms with van der Waals surface area (Å²) in [5, 5.41) is 37.7. The lowest BCUT2D eigenvalue weighted by Gasteiger charge is -2.42. The van der Waals surface area contributed by atoms with Gasteiger partial charge in [0.05, 0.1) is 6.10 Å². The third-order valence-corrected chi connectivity index (χ3v) is 10.1. The van der Waals surface area contributed by atoms with Gasteiger partial charge in [-0.05, 0) is 92.8 Å². The van der Waals surface area contributed by atoms with Gasteiger partial charge in [-0.1, -0.05) is 54.6 Å². The maximum Gasteiger partial charge on any atom is 0.262 e. The van der Waals surface area contributed by atoms with Crippen LogP contribution in [0, 0.1) is 0 Å². The van der Waals surface area contributed by atoms with E-state index in [4.69, 9.17) is 4.74 Å². The van der Waals surface area contributed by atoms with E-state index in [0.29, 0.717) is 30.0 Å². The van der Waals surface area contributed by atoms with Crippen molar-refractivity contribution < 1.29 is 29.6 Å². The molecular formula is C40H46N4O6. The van der Waals surface area contributed by atoms with Crippen LogP contribution in [0.25, 0.3) is 0 Å². The summed E-state index contributed by atoms with van der Waals surface area (Å²) in [6.45, 7) is 3.03. The number of amides is 2. The Kier molecular flexibility index (Phi) is 10.7. The second kappa shape index (κ2) is 15.3. The SMILES string of the molecule is CN1CCC(c2ccccc2)(c2cc(CCCN(C)C(=O)c3ccc(CNCC(O)c4ccc(O)c5c4OCC(=O)N5)cc3)ccc2O)CC1. The van der Waals surface area contributed by atoms with E-state index in [9.17, 15) is 24.9 Å². The van der Waals surface area contributed by atoms with Crippen molar-refractivity contribution in [2.45, 2.75) is 43.7 Å². The number of likely N-dealkylation sites (tertiary alicyclic amines) is 1. The van der Waals surface area contributed by atoms with Gasteiger partial charge in [0.25, 0.3) is 11.8 Å². The lowest BCUT2D eigenvalue weighted by molar-refractivity contribution is -0.118. The molecule has 0 saturated carbocycles. The Bertz CT molecular complexity index is 1810. The Labute approximate surface area is 293 Å². The van der Waals surface area contributed by atoms with Gasteiger partial charge < -0.3 is 40.5 Å². The zero-order chi connectivity index (χ0) is 35.3. The molecule has 10 heteroatoms. The highest BCUT2D eigenvalue weighted by Gasteiger charge is 2.39. The van der Waals surface area contributed by atoms with Gasteiger partial charge in [-0.15, -0.1) is 0 Å². The number of aliphatic hydroxyl groups is 1. The molecule has 5 N–H and O–H groups in total. The van der Waals surface area contributed by atoms with Crippen molar-refractivity contribution in [1.82, 2.24) is 15.1 Å². The van der Waals surface area contributed by atoms with E-state index in [1.165, 1.54) is 11.6 Å². The van der Waals surface area contributed by atoms with E-state index in [1.807, 2.05) is 49.5 Å². The molecule has 0 spiro atoms. The molecule has 2 aliphatic heterocycles. The molecule has 0 aromatic heterocycles. The number of hydrogen-bond acceptors (Lipinski definition) is 8. The number of aliphatic hydroxyl groups excluding tert-OH is 1. The minimum absolute atomic E-state index is 0.0510. The number of phenolic OH excluding ortho intramolecular Hbond substituents is 2. The molecule has 262 valence electrons. The standard InChI is InChI=1S/C40H46N4O6/c1-43-21-18-40(19-22-43,30-8-4-3-5-9-30)32-23-27(12-16-33(32)45)7-6-20-44(2)39(49)29-13-10-28(11-14-29)24-41-25-35(47)31-15-17-34(46)37-38(31)50-26-36(48)42-37/h3-5,8-17,23,35,41,45-47H,6-7,18-22,24-26H2,1-2H3,(H,42,48). The Balaban J connectivity index is 1.01. The molecule has 4 aromatic rings. The molecule has 1 saturated heterocycles. The van der Waals surface area contributed by atoms with Crippen LogP contribution < -0.4 is 15.4 Å². The number of aryl methyl sites for hydroxylation is 1. The average Bonchev–Trinajstić information content (AvgIpc) is 3.13. The zero-order valence-electron chi connectivity index (χ0n) is 28.7. The smallest absolute Gasteiger partial charge is 0.262 e. The average molecular weight is 679 g/mol. The number of anilines is 1. The van der Waals surface area contributed by atoms with Gasteiger partial charge in [0.2, 0.25) is 0 Å². The Morgan fingerprint density at radius 3 is 2.42 bits per heavy atom. The molecule has 6 rings (SSSR count). The Morgan fingerprint density at radius 1 is 0.980 bits per heavy atom. The molecule has 0 aliphatic carbocycles. The minimum Gasteiger partial charge on any atom is -0.508 e. The third-order valence-electron chi connectivity index (χ3n) is 10.1. The summed E-state index contributed by atoms with van der Waals surface area (Å²) in [6, 6.07) is 26.9. The molecule has 50 heavy (non-hydrogen) atoms. The third kappa shape index (κ3) is 7.62. The number of ether oxygens (including phenoxy) is 1. The van der Waals surface area contributed by atoms with Gasteiger partial charge in [-0.2, -0.15) is 0 Å². The quantitative estimate of drug-likeness (QED) is 0.133. The van der Waals surface area contributed by atoms with E-state index < -0.39 is 6.10 Å². The molecule has 10 nitrogen and oxygen atoms in total. The monoisotopic (exact) mass is 678 g/mol. The highest BCUT2D eigenvalue weighted by Crippen LogP contribution is 2.45. The number of carbonyl (C=O) groups excluding carboxylic acids is 2. The summed E-state index contributed by atoms with van der Waals surface area (Å²) in [7, 11) is 3.97. The fourth-order valence-corrected chi connectivity index (χ4v) is 7.10. The summed E-state index contributed by atoms with van der Waals surface area (Å²) in [4.78, 5) is 29.0. The van der Waals surface area contributed by atoms with E-state index in [-0.39, 0.29) is 47.6 Å². The zero-order valence-corrected chi connectivity index (χ0v) is 28.7. The van der Waals surface area contributed by atoms with E-state index in [0.717, 1.165) is 55.5 Å². The number of aromatic hydroxyl groups is 2. The van der Waals surface area contributed by atoms with Crippen molar-refractivity contribution in [3.05, 3.63) is 118 Å². The summed E-state index contributed by atoms with van der Waals surface area (Å²) < 4.78 is 5.48. The molecule has 0 radical (unpaired) electrons. The van der Waals surface area contributed by atoms with Crippen LogP contribution in [0.2, 0.25) is 0 Å². The van der Waals surface area contributed by atoms with Crippen LogP contribution in [0.4, 0.5) is 5.69 Å². The minimum atomic E-state index is -0.929. The van der Waals surface area contributed by atoms with Crippen molar-refractivity contribution in [3.8, 4) is 17.2 Å². The molecule has 2 aliphatic rings. The number of benzene rings is 4. The van der Waals surface area contributed by atoms with E-state index in [1.54, 1.807) is 11.0 Å². The number of hydrogen-bond donors (Lipinski definition) is 5. The Morgan fingerprint density at radius 2 is 1.68 bits per heavy atom. The lowest BCUT2D eigenvalue weighted by Crippen LogP contribution is -2.41. The number of rotatable bonds is 12. The van der Waals surface area contributed by atoms with Crippen molar-refractivity contribution in [2.75, 3.05) is 52.2 Å². The largest absolute Gasteiger partial charge is 0.508 e. The fourth-order valence-electron chi connectivity index (χ4n) is 7.10. The molecule has 1 fully saturated rings. The first-order valence-electron chi connectivity index (χ1n) is 17.2. The maximum absolute atomic E-state index is 13.2. The van der Waals surface area contributed by atoms with Crippen LogP contribution >= 0.6 is 0 Å². The molecule has 0 bridgehead atoms. The topological polar surface area (TPSA) is 135 Å². The van der Waals surface area contributed by atoms with Gasteiger partial charge in [0.1, 0.15) is 17.2 Å². The first-order chi connectivity index (χ1) is 24.1. The second-order valence-electron chi connectivity index (χ2n) is 13.5. The number of nitrogens with one attached hydrogen (secondary N) is 2. The molecule has 4 aromatic carbocycles. The van der Waals surface area contributed by atoms with Gasteiger partial charge >= 0.3 is 0 Å². The summed E-state index contributed by atoms with van der Waals surface area (Å²) in [5.74, 6) is 0.0658. The van der Waals surface area contributed by atoms with Crippen molar-refractivity contribution in [3.63, 3.8) is 0 Å². The van der Waals surface area contributed by atoms with Crippen LogP contribution in [0.15, 0.2) is 84.9 Å². The van der Waals surface area contributed by atoms with Crippen LogP contribution in [0.3, 0.4) is 0 Å². The van der Waals surface area contributed by atoms with Crippen LogP contribution in [0.5, 0.6) is 17.2 Å². The molecule has 1 atom stereocenters. The highest BCUT2D eigenvalue weighted by molar-refractivity contribution is 5.97.